The van der Waals surface area contributed by atoms with Crippen molar-refractivity contribution in [1.29, 1.82) is 0 Å². The summed E-state index contributed by atoms with van der Waals surface area (Å²) in [5.41, 5.74) is 6.56. The van der Waals surface area contributed by atoms with E-state index in [1.165, 1.54) is 0 Å². The molecule has 1 saturated heterocycles. The molecular weight excluding hydrogens is 285 g/mol. The summed E-state index contributed by atoms with van der Waals surface area (Å²) in [6, 6.07) is 3.56. The first kappa shape index (κ1) is 14.9. The normalized spacial score (nSPS) is 18.8. The van der Waals surface area contributed by atoms with Gasteiger partial charge in [0.05, 0.1) is 17.7 Å². The quantitative estimate of drug-likeness (QED) is 0.875. The van der Waals surface area contributed by atoms with Gasteiger partial charge >= 0.3 is 0 Å². The van der Waals surface area contributed by atoms with Gasteiger partial charge in [-0.1, -0.05) is 23.2 Å². The van der Waals surface area contributed by atoms with Gasteiger partial charge in [0.25, 0.3) is 0 Å². The van der Waals surface area contributed by atoms with Crippen molar-refractivity contribution in [3.05, 3.63) is 27.7 Å². The zero-order valence-corrected chi connectivity index (χ0v) is 12.3. The van der Waals surface area contributed by atoms with Gasteiger partial charge in [0.1, 0.15) is 5.75 Å². The van der Waals surface area contributed by atoms with E-state index in [-0.39, 0.29) is 0 Å². The fraction of sp³-hybridized carbons (Fsp3) is 0.571. The molecular formula is C14H19Cl2NO2. The Balaban J connectivity index is 1.97. The highest BCUT2D eigenvalue weighted by atomic mass is 35.5. The molecule has 106 valence electrons. The first-order valence-corrected chi connectivity index (χ1v) is 7.38. The lowest BCUT2D eigenvalue weighted by Gasteiger charge is -2.15. The van der Waals surface area contributed by atoms with E-state index in [0.717, 1.165) is 31.4 Å². The average molecular weight is 304 g/mol. The van der Waals surface area contributed by atoms with E-state index in [4.69, 9.17) is 38.4 Å². The lowest BCUT2D eigenvalue weighted by Crippen LogP contribution is -2.12. The average Bonchev–Trinajstić information content (AvgIpc) is 2.86. The summed E-state index contributed by atoms with van der Waals surface area (Å²) in [4.78, 5) is 0. The number of hydrogen-bond acceptors (Lipinski definition) is 3. The van der Waals surface area contributed by atoms with Crippen LogP contribution in [-0.4, -0.2) is 25.9 Å². The maximum atomic E-state index is 6.18. The van der Waals surface area contributed by atoms with Crippen LogP contribution in [0, 0.1) is 0 Å². The molecule has 5 heteroatoms. The maximum Gasteiger partial charge on any atom is 0.141 e. The van der Waals surface area contributed by atoms with Gasteiger partial charge in [-0.25, -0.2) is 0 Å². The fourth-order valence-electron chi connectivity index (χ4n) is 2.28. The molecule has 0 aromatic heterocycles. The molecule has 1 unspecified atom stereocenters. The second kappa shape index (κ2) is 7.34. The van der Waals surface area contributed by atoms with Crippen molar-refractivity contribution in [1.82, 2.24) is 0 Å². The SMILES string of the molecule is NCCc1cc(Cl)cc(Cl)c1OCCC1CCCO1. The second-order valence-electron chi connectivity index (χ2n) is 4.69. The predicted molar refractivity (Wildman–Crippen MR) is 78.3 cm³/mol. The standard InChI is InChI=1S/C14H19Cl2NO2/c15-11-8-10(3-5-17)14(13(16)9-11)19-7-4-12-2-1-6-18-12/h8-9,12H,1-7,17H2. The molecule has 0 amide bonds. The van der Waals surface area contributed by atoms with Crippen molar-refractivity contribution >= 4 is 23.2 Å². The highest BCUT2D eigenvalue weighted by molar-refractivity contribution is 6.35. The topological polar surface area (TPSA) is 44.5 Å². The van der Waals surface area contributed by atoms with E-state index in [0.29, 0.717) is 41.5 Å². The summed E-state index contributed by atoms with van der Waals surface area (Å²) in [5, 5.41) is 1.16. The second-order valence-corrected chi connectivity index (χ2v) is 5.53. The number of ether oxygens (including phenoxy) is 2. The van der Waals surface area contributed by atoms with Crippen molar-refractivity contribution in [2.45, 2.75) is 31.8 Å². The van der Waals surface area contributed by atoms with E-state index in [9.17, 15) is 0 Å². The molecule has 2 rings (SSSR count). The minimum absolute atomic E-state index is 0.323. The van der Waals surface area contributed by atoms with E-state index in [2.05, 4.69) is 0 Å². The Bertz CT molecular complexity index is 420. The van der Waals surface area contributed by atoms with Crippen LogP contribution in [0.4, 0.5) is 0 Å². The number of rotatable bonds is 6. The van der Waals surface area contributed by atoms with Gasteiger partial charge in [0.2, 0.25) is 0 Å². The predicted octanol–water partition coefficient (Wildman–Crippen LogP) is 3.44. The lowest BCUT2D eigenvalue weighted by atomic mass is 10.1. The van der Waals surface area contributed by atoms with Gasteiger partial charge < -0.3 is 15.2 Å². The molecule has 1 atom stereocenters. The molecule has 0 saturated carbocycles. The van der Waals surface area contributed by atoms with Crippen molar-refractivity contribution in [2.75, 3.05) is 19.8 Å². The molecule has 0 aliphatic carbocycles. The van der Waals surface area contributed by atoms with Gasteiger partial charge in [0.15, 0.2) is 0 Å². The Morgan fingerprint density at radius 2 is 2.21 bits per heavy atom. The van der Waals surface area contributed by atoms with Crippen LogP contribution in [0.25, 0.3) is 0 Å². The smallest absolute Gasteiger partial charge is 0.141 e. The van der Waals surface area contributed by atoms with Crippen LogP contribution in [0.1, 0.15) is 24.8 Å². The summed E-state index contributed by atoms with van der Waals surface area (Å²) in [6.07, 6.45) is 4.18. The lowest BCUT2D eigenvalue weighted by molar-refractivity contribution is 0.0902. The maximum absolute atomic E-state index is 6.18. The first-order valence-electron chi connectivity index (χ1n) is 6.63. The van der Waals surface area contributed by atoms with Crippen molar-refractivity contribution in [3.63, 3.8) is 0 Å². The van der Waals surface area contributed by atoms with Crippen LogP contribution in [0.15, 0.2) is 12.1 Å². The highest BCUT2D eigenvalue weighted by Gasteiger charge is 2.16. The highest BCUT2D eigenvalue weighted by Crippen LogP contribution is 2.33. The first-order chi connectivity index (χ1) is 9.20. The Kier molecular flexibility index (Phi) is 5.76. The molecule has 3 nitrogen and oxygen atoms in total. The molecule has 1 aliphatic rings. The summed E-state index contributed by atoms with van der Waals surface area (Å²) in [7, 11) is 0. The zero-order chi connectivity index (χ0) is 13.7. The van der Waals surface area contributed by atoms with Crippen LogP contribution in [-0.2, 0) is 11.2 Å². The molecule has 1 aromatic carbocycles. The number of hydrogen-bond donors (Lipinski definition) is 1. The molecule has 19 heavy (non-hydrogen) atoms. The van der Waals surface area contributed by atoms with Crippen LogP contribution < -0.4 is 10.5 Å². The Morgan fingerprint density at radius 1 is 1.37 bits per heavy atom. The third-order valence-electron chi connectivity index (χ3n) is 3.21. The van der Waals surface area contributed by atoms with Crippen molar-refractivity contribution in [2.24, 2.45) is 5.73 Å². The minimum atomic E-state index is 0.323. The Labute approximate surface area is 124 Å². The van der Waals surface area contributed by atoms with Gasteiger partial charge in [-0.2, -0.15) is 0 Å². The van der Waals surface area contributed by atoms with Gasteiger partial charge in [-0.15, -0.1) is 0 Å². The molecule has 1 aromatic rings. The molecule has 0 bridgehead atoms. The van der Waals surface area contributed by atoms with Gasteiger partial charge in [-0.05, 0) is 43.5 Å². The molecule has 0 radical (unpaired) electrons. The van der Waals surface area contributed by atoms with Crippen LogP contribution >= 0.6 is 23.2 Å². The fourth-order valence-corrected chi connectivity index (χ4v) is 2.87. The zero-order valence-electron chi connectivity index (χ0n) is 10.8. The third kappa shape index (κ3) is 4.25. The largest absolute Gasteiger partial charge is 0.492 e. The summed E-state index contributed by atoms with van der Waals surface area (Å²) in [6.45, 7) is 2.01. The number of nitrogens with two attached hydrogens (primary N) is 1. The molecule has 2 N–H and O–H groups in total. The van der Waals surface area contributed by atoms with Crippen LogP contribution in [0.3, 0.4) is 0 Å². The minimum Gasteiger partial charge on any atom is -0.492 e. The van der Waals surface area contributed by atoms with E-state index >= 15 is 0 Å². The van der Waals surface area contributed by atoms with Crippen LogP contribution in [0.2, 0.25) is 10.0 Å². The van der Waals surface area contributed by atoms with Crippen LogP contribution in [0.5, 0.6) is 5.75 Å². The van der Waals surface area contributed by atoms with Gasteiger partial charge in [0, 0.05) is 18.1 Å². The Hall–Kier alpha value is -0.480. The molecule has 1 aliphatic heterocycles. The summed E-state index contributed by atoms with van der Waals surface area (Å²) >= 11 is 12.2. The number of halogens is 2. The number of benzene rings is 1. The van der Waals surface area contributed by atoms with Crippen molar-refractivity contribution < 1.29 is 9.47 Å². The Morgan fingerprint density at radius 3 is 2.89 bits per heavy atom. The molecule has 1 fully saturated rings. The van der Waals surface area contributed by atoms with E-state index in [1.54, 1.807) is 6.07 Å². The molecule has 0 spiro atoms. The third-order valence-corrected chi connectivity index (χ3v) is 3.71. The summed E-state index contributed by atoms with van der Waals surface area (Å²) < 4.78 is 11.4. The van der Waals surface area contributed by atoms with Crippen molar-refractivity contribution in [3.8, 4) is 5.75 Å². The van der Waals surface area contributed by atoms with E-state index in [1.807, 2.05) is 6.07 Å². The molecule has 1 heterocycles. The van der Waals surface area contributed by atoms with E-state index < -0.39 is 0 Å². The summed E-state index contributed by atoms with van der Waals surface area (Å²) in [5.74, 6) is 0.703. The van der Waals surface area contributed by atoms with Gasteiger partial charge in [-0.3, -0.25) is 0 Å². The monoisotopic (exact) mass is 303 g/mol.